The van der Waals surface area contributed by atoms with Crippen LogP contribution in [0.4, 0.5) is 34.1 Å². The summed E-state index contributed by atoms with van der Waals surface area (Å²) in [6.07, 6.45) is 3.85. The van der Waals surface area contributed by atoms with Crippen molar-refractivity contribution in [3.63, 3.8) is 0 Å². The van der Waals surface area contributed by atoms with Crippen molar-refractivity contribution in [1.29, 1.82) is 0 Å². The number of hydrogen-bond acceptors (Lipinski definition) is 3. The third kappa shape index (κ3) is 4.89. The zero-order chi connectivity index (χ0) is 30.0. The van der Waals surface area contributed by atoms with E-state index in [2.05, 4.69) is 189 Å². The summed E-state index contributed by atoms with van der Waals surface area (Å²) in [4.78, 5) is 9.21. The van der Waals surface area contributed by atoms with Gasteiger partial charge in [-0.25, -0.2) is 0 Å². The Labute approximate surface area is 262 Å². The highest BCUT2D eigenvalue weighted by molar-refractivity contribution is 6.09. The Hall–Kier alpha value is -6.13. The van der Waals surface area contributed by atoms with Crippen LogP contribution in [-0.2, 0) is 0 Å². The molecule has 4 heteroatoms. The summed E-state index contributed by atoms with van der Waals surface area (Å²) >= 11 is 0. The summed E-state index contributed by atoms with van der Waals surface area (Å²) in [5.74, 6) is 0. The van der Waals surface area contributed by atoms with Gasteiger partial charge < -0.3 is 14.4 Å². The molecule has 0 saturated heterocycles. The number of pyridine rings is 1. The van der Waals surface area contributed by atoms with Gasteiger partial charge in [0.05, 0.1) is 34.3 Å². The van der Waals surface area contributed by atoms with E-state index in [4.69, 9.17) is 0 Å². The molecular formula is C41H30N4. The first-order valence-corrected chi connectivity index (χ1v) is 15.1. The molecule has 2 heterocycles. The second-order valence-corrected chi connectivity index (χ2v) is 11.0. The fraction of sp³-hybridized carbons (Fsp3) is 0. The molecule has 0 saturated carbocycles. The van der Waals surface area contributed by atoms with Crippen molar-refractivity contribution in [2.45, 2.75) is 0 Å². The Morgan fingerprint density at radius 3 is 1.29 bits per heavy atom. The van der Waals surface area contributed by atoms with Crippen LogP contribution >= 0.6 is 0 Å². The van der Waals surface area contributed by atoms with E-state index in [0.717, 1.165) is 50.8 Å². The van der Waals surface area contributed by atoms with Gasteiger partial charge in [-0.15, -0.1) is 0 Å². The highest BCUT2D eigenvalue weighted by Gasteiger charge is 2.21. The monoisotopic (exact) mass is 578 g/mol. The summed E-state index contributed by atoms with van der Waals surface area (Å²) in [5, 5.41) is 2.38. The van der Waals surface area contributed by atoms with Crippen LogP contribution in [0.3, 0.4) is 0 Å². The lowest BCUT2D eigenvalue weighted by Crippen LogP contribution is -2.14. The van der Waals surface area contributed by atoms with Crippen molar-refractivity contribution < 1.29 is 0 Å². The predicted octanol–water partition coefficient (Wildman–Crippen LogP) is 11.1. The van der Waals surface area contributed by atoms with E-state index in [1.54, 1.807) is 0 Å². The first-order chi connectivity index (χ1) is 22.3. The standard InChI is InChI=1S/C41H30N4/c1-5-15-31(16-6-1)43(32-17-7-2-8-18-32)35-27-36(44(33-19-9-3-10-20-33)34-21-11-4-12-22-34)29-37(28-35)45-40-24-14-13-23-38(40)39-25-26-42-30-41(39)45/h1-30H. The Morgan fingerprint density at radius 2 is 0.800 bits per heavy atom. The van der Waals surface area contributed by atoms with Gasteiger partial charge in [0.15, 0.2) is 0 Å². The number of nitrogens with zero attached hydrogens (tertiary/aromatic N) is 4. The summed E-state index contributed by atoms with van der Waals surface area (Å²) < 4.78 is 2.34. The Bertz CT molecular complexity index is 1980. The maximum atomic E-state index is 4.56. The summed E-state index contributed by atoms with van der Waals surface area (Å²) in [5.41, 5.74) is 9.69. The van der Waals surface area contributed by atoms with Crippen molar-refractivity contribution in [3.05, 3.63) is 182 Å². The molecule has 0 bridgehead atoms. The van der Waals surface area contributed by atoms with Crippen molar-refractivity contribution in [2.75, 3.05) is 9.80 Å². The van der Waals surface area contributed by atoms with Gasteiger partial charge >= 0.3 is 0 Å². The molecule has 6 aromatic carbocycles. The highest BCUT2D eigenvalue weighted by Crippen LogP contribution is 2.43. The van der Waals surface area contributed by atoms with E-state index in [0.29, 0.717) is 0 Å². The molecule has 0 aliphatic heterocycles. The highest BCUT2D eigenvalue weighted by atomic mass is 15.2. The minimum Gasteiger partial charge on any atom is -0.310 e. The number of anilines is 6. The number of para-hydroxylation sites is 5. The smallest absolute Gasteiger partial charge is 0.0724 e. The Kier molecular flexibility index (Phi) is 6.78. The van der Waals surface area contributed by atoms with Crippen LogP contribution in [0, 0.1) is 0 Å². The van der Waals surface area contributed by atoms with E-state index in [1.165, 1.54) is 10.8 Å². The first kappa shape index (κ1) is 26.5. The molecule has 0 amide bonds. The van der Waals surface area contributed by atoms with Gasteiger partial charge in [0.25, 0.3) is 0 Å². The molecule has 0 fully saturated rings. The third-order valence-electron chi connectivity index (χ3n) is 8.20. The van der Waals surface area contributed by atoms with Crippen molar-refractivity contribution in [2.24, 2.45) is 0 Å². The van der Waals surface area contributed by atoms with Crippen molar-refractivity contribution >= 4 is 55.9 Å². The maximum absolute atomic E-state index is 4.56. The molecule has 0 aliphatic rings. The predicted molar refractivity (Wildman–Crippen MR) is 188 cm³/mol. The summed E-state index contributed by atoms with van der Waals surface area (Å²) in [6, 6.07) is 59.9. The van der Waals surface area contributed by atoms with E-state index in [9.17, 15) is 0 Å². The number of fused-ring (bicyclic) bond motifs is 3. The van der Waals surface area contributed by atoms with E-state index >= 15 is 0 Å². The van der Waals surface area contributed by atoms with Crippen LogP contribution in [0.25, 0.3) is 27.5 Å². The lowest BCUT2D eigenvalue weighted by molar-refractivity contribution is 1.15. The quantitative estimate of drug-likeness (QED) is 0.188. The van der Waals surface area contributed by atoms with Gasteiger partial charge in [0, 0.05) is 39.7 Å². The second kappa shape index (κ2) is 11.5. The molecule has 45 heavy (non-hydrogen) atoms. The maximum Gasteiger partial charge on any atom is 0.0724 e. The lowest BCUT2D eigenvalue weighted by atomic mass is 10.1. The van der Waals surface area contributed by atoms with Gasteiger partial charge in [0.2, 0.25) is 0 Å². The molecule has 0 N–H and O–H groups in total. The van der Waals surface area contributed by atoms with Crippen LogP contribution in [0.1, 0.15) is 0 Å². The van der Waals surface area contributed by atoms with Crippen LogP contribution in [0.15, 0.2) is 182 Å². The van der Waals surface area contributed by atoms with Crippen LogP contribution in [-0.4, -0.2) is 9.55 Å². The summed E-state index contributed by atoms with van der Waals surface area (Å²) in [6.45, 7) is 0. The number of benzene rings is 6. The zero-order valence-electron chi connectivity index (χ0n) is 24.6. The average molecular weight is 579 g/mol. The molecule has 214 valence electrons. The number of aromatic nitrogens is 2. The molecule has 0 radical (unpaired) electrons. The molecule has 8 rings (SSSR count). The molecule has 4 nitrogen and oxygen atoms in total. The third-order valence-corrected chi connectivity index (χ3v) is 8.20. The molecule has 0 spiro atoms. The van der Waals surface area contributed by atoms with Gasteiger partial charge in [-0.05, 0) is 78.9 Å². The van der Waals surface area contributed by atoms with Gasteiger partial charge in [0.1, 0.15) is 0 Å². The first-order valence-electron chi connectivity index (χ1n) is 15.1. The van der Waals surface area contributed by atoms with Gasteiger partial charge in [-0.2, -0.15) is 0 Å². The minimum absolute atomic E-state index is 1.05. The Morgan fingerprint density at radius 1 is 0.378 bits per heavy atom. The molecule has 2 aromatic heterocycles. The van der Waals surface area contributed by atoms with Crippen molar-refractivity contribution in [1.82, 2.24) is 9.55 Å². The topological polar surface area (TPSA) is 24.3 Å². The second-order valence-electron chi connectivity index (χ2n) is 11.0. The van der Waals surface area contributed by atoms with Crippen LogP contribution in [0.5, 0.6) is 0 Å². The van der Waals surface area contributed by atoms with E-state index < -0.39 is 0 Å². The molecular weight excluding hydrogens is 548 g/mol. The van der Waals surface area contributed by atoms with Crippen molar-refractivity contribution in [3.8, 4) is 5.69 Å². The SMILES string of the molecule is c1ccc(N(c2ccccc2)c2cc(N(c3ccccc3)c3ccccc3)cc(-n3c4ccccc4c4ccncc43)c2)cc1. The largest absolute Gasteiger partial charge is 0.310 e. The summed E-state index contributed by atoms with van der Waals surface area (Å²) in [7, 11) is 0. The molecule has 0 unspecified atom stereocenters. The van der Waals surface area contributed by atoms with E-state index in [-0.39, 0.29) is 0 Å². The zero-order valence-corrected chi connectivity index (χ0v) is 24.6. The minimum atomic E-state index is 1.05. The normalized spacial score (nSPS) is 11.1. The fourth-order valence-electron chi connectivity index (χ4n) is 6.27. The Balaban J connectivity index is 1.46. The number of rotatable bonds is 7. The lowest BCUT2D eigenvalue weighted by Gasteiger charge is -2.30. The van der Waals surface area contributed by atoms with Gasteiger partial charge in [-0.1, -0.05) is 91.0 Å². The average Bonchev–Trinajstić information content (AvgIpc) is 3.45. The van der Waals surface area contributed by atoms with Gasteiger partial charge in [-0.3, -0.25) is 4.98 Å². The fourth-order valence-corrected chi connectivity index (χ4v) is 6.27. The van der Waals surface area contributed by atoms with Crippen LogP contribution < -0.4 is 9.80 Å². The number of hydrogen-bond donors (Lipinski definition) is 0. The van der Waals surface area contributed by atoms with Crippen LogP contribution in [0.2, 0.25) is 0 Å². The molecule has 0 atom stereocenters. The molecule has 0 aliphatic carbocycles. The van der Waals surface area contributed by atoms with E-state index in [1.807, 2.05) is 12.4 Å². The molecule has 8 aromatic rings.